The van der Waals surface area contributed by atoms with Crippen molar-refractivity contribution in [3.8, 4) is 0 Å². The van der Waals surface area contributed by atoms with Gasteiger partial charge in [0.15, 0.2) is 0 Å². The fourth-order valence-corrected chi connectivity index (χ4v) is 9.11. The quantitative estimate of drug-likeness (QED) is 0.0321. The summed E-state index contributed by atoms with van der Waals surface area (Å²) in [5.74, 6) is -0.0320. The molecular weight excluding hydrogens is 791 g/mol. The van der Waals surface area contributed by atoms with Crippen LogP contribution in [0.3, 0.4) is 0 Å². The van der Waals surface area contributed by atoms with Crippen LogP contribution >= 0.6 is 0 Å². The summed E-state index contributed by atoms with van der Waals surface area (Å²) in [5, 5.41) is 23.1. The lowest BCUT2D eigenvalue weighted by Gasteiger charge is -2.22. The summed E-state index contributed by atoms with van der Waals surface area (Å²) in [4.78, 5) is 24.5. The maximum atomic E-state index is 12.4. The van der Waals surface area contributed by atoms with Gasteiger partial charge in [-0.3, -0.25) is 9.59 Å². The first kappa shape index (κ1) is 62.6. The first-order valence-corrected chi connectivity index (χ1v) is 28.9. The van der Waals surface area contributed by atoms with Gasteiger partial charge < -0.3 is 20.3 Å². The number of rotatable bonds is 54. The van der Waals surface area contributed by atoms with Crippen LogP contribution < -0.4 is 5.32 Å². The van der Waals surface area contributed by atoms with E-state index < -0.39 is 12.1 Å². The SMILES string of the molecule is CCCCCCCCC/C=C\CCCCCCCCCC(=O)OCCCCCCCCCCCCCCCCCCCCCC(=O)NC(CO)C(O)CCCCCCCCCCCC. The van der Waals surface area contributed by atoms with Crippen molar-refractivity contribution >= 4 is 11.9 Å². The minimum absolute atomic E-state index is 0.00650. The molecule has 6 nitrogen and oxygen atoms in total. The third-order valence-corrected chi connectivity index (χ3v) is 13.6. The van der Waals surface area contributed by atoms with Crippen molar-refractivity contribution in [2.45, 2.75) is 334 Å². The van der Waals surface area contributed by atoms with Gasteiger partial charge in [0.05, 0.1) is 25.4 Å². The molecule has 2 atom stereocenters. The summed E-state index contributed by atoms with van der Waals surface area (Å²) in [6.45, 7) is 4.94. The van der Waals surface area contributed by atoms with Gasteiger partial charge in [-0.1, -0.05) is 270 Å². The van der Waals surface area contributed by atoms with Crippen molar-refractivity contribution in [2.75, 3.05) is 13.2 Å². The Morgan fingerprint density at radius 3 is 1.11 bits per heavy atom. The van der Waals surface area contributed by atoms with Crippen LogP contribution in [0.1, 0.15) is 322 Å². The summed E-state index contributed by atoms with van der Waals surface area (Å²) in [6.07, 6.45) is 63.5. The summed E-state index contributed by atoms with van der Waals surface area (Å²) >= 11 is 0. The second kappa shape index (κ2) is 54.2. The van der Waals surface area contributed by atoms with E-state index >= 15 is 0 Å². The Kier molecular flexibility index (Phi) is 53.0. The Morgan fingerprint density at radius 1 is 0.422 bits per heavy atom. The van der Waals surface area contributed by atoms with Gasteiger partial charge in [-0.25, -0.2) is 0 Å². The van der Waals surface area contributed by atoms with Gasteiger partial charge in [0.2, 0.25) is 5.91 Å². The predicted octanol–water partition coefficient (Wildman–Crippen LogP) is 17.7. The Bertz CT molecular complexity index is 955. The summed E-state index contributed by atoms with van der Waals surface area (Å²) in [6, 6.07) is -0.541. The highest BCUT2D eigenvalue weighted by Crippen LogP contribution is 2.17. The highest BCUT2D eigenvalue weighted by atomic mass is 16.5. The molecule has 0 bridgehead atoms. The Labute approximate surface area is 399 Å². The van der Waals surface area contributed by atoms with Gasteiger partial charge in [0.1, 0.15) is 0 Å². The number of nitrogens with one attached hydrogen (secondary N) is 1. The fraction of sp³-hybridized carbons (Fsp3) is 0.931. The van der Waals surface area contributed by atoms with Crippen molar-refractivity contribution in [3.05, 3.63) is 12.2 Å². The maximum absolute atomic E-state index is 12.4. The van der Waals surface area contributed by atoms with Crippen LogP contribution in [0.25, 0.3) is 0 Å². The molecular formula is C58H113NO5. The number of carbonyl (C=O) groups excluding carboxylic acids is 2. The Hall–Kier alpha value is -1.40. The number of carbonyl (C=O) groups is 2. The predicted molar refractivity (Wildman–Crippen MR) is 278 cm³/mol. The van der Waals surface area contributed by atoms with E-state index in [-0.39, 0.29) is 18.5 Å². The van der Waals surface area contributed by atoms with Crippen molar-refractivity contribution in [2.24, 2.45) is 0 Å². The molecule has 2 unspecified atom stereocenters. The van der Waals surface area contributed by atoms with E-state index in [1.165, 1.54) is 244 Å². The third kappa shape index (κ3) is 50.0. The molecule has 0 saturated carbocycles. The topological polar surface area (TPSA) is 95.9 Å². The van der Waals surface area contributed by atoms with Gasteiger partial charge in [-0.05, 0) is 51.4 Å². The fourth-order valence-electron chi connectivity index (χ4n) is 9.11. The number of esters is 1. The molecule has 0 aliphatic carbocycles. The lowest BCUT2D eigenvalue weighted by atomic mass is 10.0. The van der Waals surface area contributed by atoms with Crippen molar-refractivity contribution in [3.63, 3.8) is 0 Å². The molecule has 3 N–H and O–H groups in total. The van der Waals surface area contributed by atoms with Gasteiger partial charge >= 0.3 is 5.97 Å². The molecule has 0 rings (SSSR count). The van der Waals surface area contributed by atoms with E-state index in [1.807, 2.05) is 0 Å². The Balaban J connectivity index is 3.36. The molecule has 0 saturated heterocycles. The average molecular weight is 905 g/mol. The second-order valence-corrected chi connectivity index (χ2v) is 20.0. The van der Waals surface area contributed by atoms with Crippen LogP contribution in [0.5, 0.6) is 0 Å². The zero-order chi connectivity index (χ0) is 46.5. The molecule has 0 aromatic heterocycles. The van der Waals surface area contributed by atoms with E-state index in [4.69, 9.17) is 4.74 Å². The molecule has 0 fully saturated rings. The molecule has 0 spiro atoms. The van der Waals surface area contributed by atoms with Crippen molar-refractivity contribution < 1.29 is 24.5 Å². The Morgan fingerprint density at radius 2 is 0.734 bits per heavy atom. The molecule has 6 heteroatoms. The number of aliphatic hydroxyl groups excluding tert-OH is 2. The molecule has 0 aliphatic heterocycles. The van der Waals surface area contributed by atoms with E-state index in [2.05, 4.69) is 31.3 Å². The largest absolute Gasteiger partial charge is 0.466 e. The van der Waals surface area contributed by atoms with Crippen LogP contribution in [-0.2, 0) is 14.3 Å². The summed E-state index contributed by atoms with van der Waals surface area (Å²) in [7, 11) is 0. The number of aliphatic hydroxyl groups is 2. The van der Waals surface area contributed by atoms with Crippen LogP contribution in [0, 0.1) is 0 Å². The zero-order valence-electron chi connectivity index (χ0n) is 43.3. The van der Waals surface area contributed by atoms with E-state index in [9.17, 15) is 19.8 Å². The third-order valence-electron chi connectivity index (χ3n) is 13.6. The standard InChI is InChI=1S/C58H113NO5/c1-3-5-7-9-11-13-15-16-17-18-23-26-29-32-36-40-44-48-52-58(63)64-53-49-45-41-37-33-30-27-24-21-19-20-22-25-28-31-35-39-43-47-51-57(62)59-55(54-60)56(61)50-46-42-38-34-14-12-10-8-6-4-2/h17-18,55-56,60-61H,3-16,19-54H2,1-2H3,(H,59,62)/b18-17-. The van der Waals surface area contributed by atoms with Crippen LogP contribution in [0.2, 0.25) is 0 Å². The van der Waals surface area contributed by atoms with Crippen LogP contribution in [0.15, 0.2) is 12.2 Å². The number of hydrogen-bond donors (Lipinski definition) is 3. The smallest absolute Gasteiger partial charge is 0.305 e. The highest BCUT2D eigenvalue weighted by molar-refractivity contribution is 5.76. The van der Waals surface area contributed by atoms with Gasteiger partial charge in [-0.15, -0.1) is 0 Å². The lowest BCUT2D eigenvalue weighted by Crippen LogP contribution is -2.45. The molecule has 1 amide bonds. The molecule has 0 aromatic carbocycles. The number of hydrogen-bond acceptors (Lipinski definition) is 5. The molecule has 0 radical (unpaired) electrons. The van der Waals surface area contributed by atoms with Crippen molar-refractivity contribution in [1.29, 1.82) is 0 Å². The van der Waals surface area contributed by atoms with E-state index in [0.29, 0.717) is 25.9 Å². The minimum atomic E-state index is -0.663. The monoisotopic (exact) mass is 904 g/mol. The average Bonchev–Trinajstić information content (AvgIpc) is 3.29. The van der Waals surface area contributed by atoms with Gasteiger partial charge in [-0.2, -0.15) is 0 Å². The number of unbranched alkanes of at least 4 members (excludes halogenated alkanes) is 41. The minimum Gasteiger partial charge on any atom is -0.466 e. The molecule has 380 valence electrons. The van der Waals surface area contributed by atoms with Crippen molar-refractivity contribution in [1.82, 2.24) is 5.32 Å². The summed E-state index contributed by atoms with van der Waals surface area (Å²) in [5.41, 5.74) is 0. The maximum Gasteiger partial charge on any atom is 0.305 e. The molecule has 0 aliphatic rings. The van der Waals surface area contributed by atoms with Gasteiger partial charge in [0, 0.05) is 12.8 Å². The highest BCUT2D eigenvalue weighted by Gasteiger charge is 2.20. The van der Waals surface area contributed by atoms with Crippen LogP contribution in [0.4, 0.5) is 0 Å². The zero-order valence-corrected chi connectivity index (χ0v) is 43.3. The first-order valence-electron chi connectivity index (χ1n) is 28.9. The molecule has 0 heterocycles. The first-order chi connectivity index (χ1) is 31.5. The van der Waals surface area contributed by atoms with E-state index in [1.54, 1.807) is 0 Å². The normalized spacial score (nSPS) is 12.6. The van der Waals surface area contributed by atoms with E-state index in [0.717, 1.165) is 44.9 Å². The molecule has 0 aromatic rings. The number of ether oxygens (including phenoxy) is 1. The number of amides is 1. The van der Waals surface area contributed by atoms with Gasteiger partial charge in [0.25, 0.3) is 0 Å². The lowest BCUT2D eigenvalue weighted by molar-refractivity contribution is -0.143. The second-order valence-electron chi connectivity index (χ2n) is 20.0. The molecule has 64 heavy (non-hydrogen) atoms. The van der Waals surface area contributed by atoms with Crippen LogP contribution in [-0.4, -0.2) is 47.4 Å². The number of allylic oxidation sites excluding steroid dienone is 2. The summed E-state index contributed by atoms with van der Waals surface area (Å²) < 4.78 is 5.49.